The SMILES string of the molecule is OCc1ccc(-c2cn(C34Cc5ccc(n53)C4)nn2)cc1. The van der Waals surface area contributed by atoms with Crippen LogP contribution < -0.4 is 0 Å². The van der Waals surface area contributed by atoms with Gasteiger partial charge in [-0.05, 0) is 17.7 Å². The summed E-state index contributed by atoms with van der Waals surface area (Å²) in [6.07, 6.45) is 4.11. The van der Waals surface area contributed by atoms with Crippen LogP contribution in [-0.4, -0.2) is 24.7 Å². The van der Waals surface area contributed by atoms with Crippen LogP contribution in [0.25, 0.3) is 11.3 Å². The molecule has 1 N–H and O–H groups in total. The van der Waals surface area contributed by atoms with E-state index in [2.05, 4.69) is 27.0 Å². The van der Waals surface area contributed by atoms with Crippen molar-refractivity contribution >= 4 is 0 Å². The van der Waals surface area contributed by atoms with Crippen molar-refractivity contribution < 1.29 is 5.11 Å². The minimum atomic E-state index is 0.00442. The molecule has 0 spiro atoms. The molecule has 0 saturated heterocycles. The minimum absolute atomic E-state index is 0.00442. The zero-order valence-corrected chi connectivity index (χ0v) is 11.4. The van der Waals surface area contributed by atoms with E-state index in [1.54, 1.807) is 0 Å². The van der Waals surface area contributed by atoms with Gasteiger partial charge in [0.05, 0.1) is 12.8 Å². The zero-order chi connectivity index (χ0) is 14.0. The standard InChI is InChI=1S/C16H14N4O/c21-10-11-1-3-12(4-2-11)15-9-19(18-17-15)16-7-13-5-6-14(8-16)20(13)16/h1-6,9,21H,7-8,10H2. The lowest BCUT2D eigenvalue weighted by Crippen LogP contribution is -2.61. The summed E-state index contributed by atoms with van der Waals surface area (Å²) in [4.78, 5) is 0. The second kappa shape index (κ2) is 3.62. The van der Waals surface area contributed by atoms with Crippen molar-refractivity contribution in [3.05, 3.63) is 59.5 Å². The number of hydrogen-bond acceptors (Lipinski definition) is 3. The third kappa shape index (κ3) is 1.29. The highest BCUT2D eigenvalue weighted by molar-refractivity contribution is 5.58. The summed E-state index contributed by atoms with van der Waals surface area (Å²) >= 11 is 0. The topological polar surface area (TPSA) is 55.9 Å². The molecule has 0 unspecified atom stereocenters. The Kier molecular flexibility index (Phi) is 1.94. The molecule has 5 nitrogen and oxygen atoms in total. The average Bonchev–Trinajstić information content (AvgIpc) is 3.01. The second-order valence-electron chi connectivity index (χ2n) is 5.89. The molecular formula is C16H14N4O. The van der Waals surface area contributed by atoms with E-state index in [-0.39, 0.29) is 12.3 Å². The molecule has 0 radical (unpaired) electrons. The van der Waals surface area contributed by atoms with E-state index in [0.717, 1.165) is 29.7 Å². The lowest BCUT2D eigenvalue weighted by molar-refractivity contribution is 0.0724. The van der Waals surface area contributed by atoms with Gasteiger partial charge in [0, 0.05) is 29.8 Å². The summed E-state index contributed by atoms with van der Waals surface area (Å²) in [5.41, 5.74) is 5.60. The summed E-state index contributed by atoms with van der Waals surface area (Å²) in [7, 11) is 0. The van der Waals surface area contributed by atoms with Crippen LogP contribution >= 0.6 is 0 Å². The maximum absolute atomic E-state index is 9.09. The van der Waals surface area contributed by atoms with Gasteiger partial charge in [0.1, 0.15) is 11.4 Å². The van der Waals surface area contributed by atoms with Crippen LogP contribution in [0.15, 0.2) is 42.6 Å². The van der Waals surface area contributed by atoms with Crippen molar-refractivity contribution in [2.75, 3.05) is 0 Å². The second-order valence-corrected chi connectivity index (χ2v) is 5.89. The number of aromatic nitrogens is 4. The van der Waals surface area contributed by atoms with Crippen LogP contribution in [0.1, 0.15) is 17.0 Å². The van der Waals surface area contributed by atoms with Crippen LogP contribution in [0.4, 0.5) is 0 Å². The molecule has 0 atom stereocenters. The van der Waals surface area contributed by atoms with Crippen LogP contribution in [0.2, 0.25) is 0 Å². The van der Waals surface area contributed by atoms with E-state index in [1.165, 1.54) is 11.4 Å². The lowest BCUT2D eigenvalue weighted by atomic mass is 9.84. The number of nitrogens with zero attached hydrogens (tertiary/aromatic N) is 4. The van der Waals surface area contributed by atoms with Crippen LogP contribution in [0.5, 0.6) is 0 Å². The fourth-order valence-corrected chi connectivity index (χ4v) is 3.60. The summed E-state index contributed by atoms with van der Waals surface area (Å²) in [6, 6.07) is 12.2. The molecule has 1 aromatic carbocycles. The molecular weight excluding hydrogens is 264 g/mol. The molecule has 5 heteroatoms. The number of aliphatic hydroxyl groups is 1. The first kappa shape index (κ1) is 11.3. The maximum atomic E-state index is 9.09. The van der Waals surface area contributed by atoms with E-state index >= 15 is 0 Å². The number of rotatable bonds is 3. The van der Waals surface area contributed by atoms with E-state index in [0.29, 0.717) is 0 Å². The van der Waals surface area contributed by atoms with Crippen LogP contribution in [0.3, 0.4) is 0 Å². The lowest BCUT2D eigenvalue weighted by Gasteiger charge is -2.52. The van der Waals surface area contributed by atoms with Gasteiger partial charge in [-0.25, -0.2) is 4.68 Å². The fourth-order valence-electron chi connectivity index (χ4n) is 3.60. The quantitative estimate of drug-likeness (QED) is 0.791. The van der Waals surface area contributed by atoms with Crippen LogP contribution in [0, 0.1) is 0 Å². The van der Waals surface area contributed by atoms with Crippen molar-refractivity contribution in [3.8, 4) is 11.3 Å². The molecule has 0 aliphatic carbocycles. The molecule has 0 bridgehead atoms. The molecule has 0 amide bonds. The molecule has 4 heterocycles. The predicted molar refractivity (Wildman–Crippen MR) is 76.6 cm³/mol. The van der Waals surface area contributed by atoms with E-state index in [1.807, 2.05) is 35.1 Å². The van der Waals surface area contributed by atoms with Crippen molar-refractivity contribution in [1.29, 1.82) is 0 Å². The number of benzene rings is 1. The highest BCUT2D eigenvalue weighted by Gasteiger charge is 2.54. The third-order valence-electron chi connectivity index (χ3n) is 4.74. The Hall–Kier alpha value is -2.40. The zero-order valence-electron chi connectivity index (χ0n) is 11.4. The van der Waals surface area contributed by atoms with Gasteiger partial charge in [-0.2, -0.15) is 0 Å². The number of aliphatic hydroxyl groups excluding tert-OH is 1. The molecule has 2 aromatic heterocycles. The van der Waals surface area contributed by atoms with Crippen molar-refractivity contribution in [3.63, 3.8) is 0 Å². The highest BCUT2D eigenvalue weighted by Crippen LogP contribution is 2.48. The Morgan fingerprint density at radius 2 is 1.76 bits per heavy atom. The van der Waals surface area contributed by atoms with Gasteiger partial charge in [0.2, 0.25) is 0 Å². The summed E-state index contributed by atoms with van der Waals surface area (Å²) < 4.78 is 4.36. The molecule has 2 aliphatic rings. The monoisotopic (exact) mass is 278 g/mol. The Balaban J connectivity index is 1.51. The van der Waals surface area contributed by atoms with Gasteiger partial charge >= 0.3 is 0 Å². The fraction of sp³-hybridized carbons (Fsp3) is 0.250. The molecule has 3 aromatic rings. The molecule has 0 fully saturated rings. The summed E-state index contributed by atoms with van der Waals surface area (Å²) in [5.74, 6) is 0. The summed E-state index contributed by atoms with van der Waals surface area (Å²) in [5, 5.41) is 17.8. The predicted octanol–water partition coefficient (Wildman–Crippen LogP) is 1.55. The average molecular weight is 278 g/mol. The van der Waals surface area contributed by atoms with Crippen molar-refractivity contribution in [2.24, 2.45) is 0 Å². The van der Waals surface area contributed by atoms with Gasteiger partial charge in [-0.1, -0.05) is 29.5 Å². The molecule has 21 heavy (non-hydrogen) atoms. The Bertz CT molecular complexity index is 820. The smallest absolute Gasteiger partial charge is 0.150 e. The van der Waals surface area contributed by atoms with Gasteiger partial charge in [-0.15, -0.1) is 5.10 Å². The van der Waals surface area contributed by atoms with Gasteiger partial charge in [0.15, 0.2) is 0 Å². The van der Waals surface area contributed by atoms with Crippen molar-refractivity contribution in [2.45, 2.75) is 25.1 Å². The molecule has 0 saturated carbocycles. The first-order valence-corrected chi connectivity index (χ1v) is 7.13. The Morgan fingerprint density at radius 3 is 2.43 bits per heavy atom. The first-order chi connectivity index (χ1) is 10.3. The highest BCUT2D eigenvalue weighted by atomic mass is 16.3. The first-order valence-electron chi connectivity index (χ1n) is 7.13. The normalized spacial score (nSPS) is 17.0. The molecule has 5 rings (SSSR count). The maximum Gasteiger partial charge on any atom is 0.150 e. The summed E-state index contributed by atoms with van der Waals surface area (Å²) in [6.45, 7) is 0.0647. The van der Waals surface area contributed by atoms with E-state index < -0.39 is 0 Å². The molecule has 2 aliphatic heterocycles. The van der Waals surface area contributed by atoms with Gasteiger partial charge < -0.3 is 9.67 Å². The largest absolute Gasteiger partial charge is 0.392 e. The minimum Gasteiger partial charge on any atom is -0.392 e. The molecule has 104 valence electrons. The Morgan fingerprint density at radius 1 is 1.05 bits per heavy atom. The Labute approximate surface area is 121 Å². The van der Waals surface area contributed by atoms with E-state index in [9.17, 15) is 0 Å². The van der Waals surface area contributed by atoms with Crippen LogP contribution in [-0.2, 0) is 25.1 Å². The number of hydrogen-bond donors (Lipinski definition) is 1. The van der Waals surface area contributed by atoms with Gasteiger partial charge in [-0.3, -0.25) is 0 Å². The third-order valence-corrected chi connectivity index (χ3v) is 4.74. The van der Waals surface area contributed by atoms with Gasteiger partial charge in [0.25, 0.3) is 0 Å². The van der Waals surface area contributed by atoms with Crippen molar-refractivity contribution in [1.82, 2.24) is 19.6 Å². The van der Waals surface area contributed by atoms with E-state index in [4.69, 9.17) is 5.11 Å².